The summed E-state index contributed by atoms with van der Waals surface area (Å²) in [6, 6.07) is 4.67. The monoisotopic (exact) mass is 355 g/mol. The highest BCUT2D eigenvalue weighted by Crippen LogP contribution is 2.33. The van der Waals surface area contributed by atoms with Gasteiger partial charge in [-0.1, -0.05) is 6.07 Å². The molecule has 0 spiro atoms. The third kappa shape index (κ3) is 3.88. The predicted molar refractivity (Wildman–Crippen MR) is 88.2 cm³/mol. The summed E-state index contributed by atoms with van der Waals surface area (Å²) in [7, 11) is -1.61. The molecule has 0 radical (unpaired) electrons. The van der Waals surface area contributed by atoms with Crippen molar-refractivity contribution >= 4 is 15.7 Å². The molecule has 1 aliphatic carbocycles. The van der Waals surface area contributed by atoms with Crippen LogP contribution in [0.1, 0.15) is 31.2 Å². The normalized spacial score (nSPS) is 22.3. The van der Waals surface area contributed by atoms with Crippen molar-refractivity contribution in [2.75, 3.05) is 18.6 Å². The molecular formula is C17H22FNO4S. The van der Waals surface area contributed by atoms with Gasteiger partial charge in [-0.3, -0.25) is 4.79 Å². The number of ether oxygens (including phenoxy) is 1. The fourth-order valence-corrected chi connectivity index (χ4v) is 5.01. The topological polar surface area (TPSA) is 63.7 Å². The number of sulfone groups is 1. The summed E-state index contributed by atoms with van der Waals surface area (Å²) < 4.78 is 42.0. The Morgan fingerprint density at radius 1 is 1.29 bits per heavy atom. The van der Waals surface area contributed by atoms with Gasteiger partial charge in [0, 0.05) is 18.5 Å². The van der Waals surface area contributed by atoms with Crippen LogP contribution < -0.4 is 4.74 Å². The first-order chi connectivity index (χ1) is 11.4. The number of aryl methyl sites for hydroxylation is 1. The van der Waals surface area contributed by atoms with Gasteiger partial charge in [0.2, 0.25) is 5.91 Å². The SMILES string of the molecule is COc1ccc(CCC(=O)N(C2CC2)C2CCS(=O)(=O)C2)cc1F. The van der Waals surface area contributed by atoms with Gasteiger partial charge in [0.1, 0.15) is 0 Å². The lowest BCUT2D eigenvalue weighted by Gasteiger charge is -2.28. The zero-order valence-electron chi connectivity index (χ0n) is 13.7. The standard InChI is InChI=1S/C17H22FNO4S/c1-23-16-6-2-12(10-15(16)18)3-7-17(20)19(13-4-5-13)14-8-9-24(21,22)11-14/h2,6,10,13-14H,3-5,7-9,11H2,1H3. The van der Waals surface area contributed by atoms with Crippen molar-refractivity contribution in [2.24, 2.45) is 0 Å². The summed E-state index contributed by atoms with van der Waals surface area (Å²) in [5.41, 5.74) is 0.733. The number of amides is 1. The Kier molecular flexibility index (Phi) is 4.80. The summed E-state index contributed by atoms with van der Waals surface area (Å²) in [5.74, 6) is -0.0513. The lowest BCUT2D eigenvalue weighted by atomic mass is 10.1. The van der Waals surface area contributed by atoms with Gasteiger partial charge in [-0.15, -0.1) is 0 Å². The largest absolute Gasteiger partial charge is 0.494 e. The maximum atomic E-state index is 13.7. The first-order valence-electron chi connectivity index (χ1n) is 8.23. The molecule has 2 aliphatic rings. The molecule has 3 rings (SSSR count). The van der Waals surface area contributed by atoms with Crippen LogP contribution in [0, 0.1) is 5.82 Å². The van der Waals surface area contributed by atoms with Crippen molar-refractivity contribution < 1.29 is 22.3 Å². The van der Waals surface area contributed by atoms with E-state index in [1.165, 1.54) is 13.2 Å². The van der Waals surface area contributed by atoms with Crippen LogP contribution in [0.25, 0.3) is 0 Å². The minimum atomic E-state index is -3.02. The highest BCUT2D eigenvalue weighted by atomic mass is 32.2. The third-order valence-electron chi connectivity index (χ3n) is 4.67. The molecule has 1 atom stereocenters. The van der Waals surface area contributed by atoms with Crippen LogP contribution in [0.3, 0.4) is 0 Å². The van der Waals surface area contributed by atoms with Crippen molar-refractivity contribution in [2.45, 2.75) is 44.2 Å². The van der Waals surface area contributed by atoms with Crippen LogP contribution in [-0.4, -0.2) is 49.9 Å². The molecule has 0 bridgehead atoms. The minimum absolute atomic E-state index is 0.0316. The van der Waals surface area contributed by atoms with E-state index < -0.39 is 15.7 Å². The second-order valence-corrected chi connectivity index (χ2v) is 8.79. The van der Waals surface area contributed by atoms with E-state index in [2.05, 4.69) is 0 Å². The van der Waals surface area contributed by atoms with Crippen molar-refractivity contribution in [3.63, 3.8) is 0 Å². The molecule has 1 saturated carbocycles. The van der Waals surface area contributed by atoms with E-state index in [-0.39, 0.29) is 41.7 Å². The zero-order chi connectivity index (χ0) is 17.3. The number of carbonyl (C=O) groups excluding carboxylic acids is 1. The van der Waals surface area contributed by atoms with E-state index >= 15 is 0 Å². The minimum Gasteiger partial charge on any atom is -0.494 e. The van der Waals surface area contributed by atoms with Gasteiger partial charge >= 0.3 is 0 Å². The number of nitrogens with zero attached hydrogens (tertiary/aromatic N) is 1. The summed E-state index contributed by atoms with van der Waals surface area (Å²) in [5, 5.41) is 0. The van der Waals surface area contributed by atoms with Gasteiger partial charge in [0.05, 0.1) is 18.6 Å². The molecule has 132 valence electrons. The number of methoxy groups -OCH3 is 1. The Hall–Kier alpha value is -1.63. The average molecular weight is 355 g/mol. The highest BCUT2D eigenvalue weighted by molar-refractivity contribution is 7.91. The van der Waals surface area contributed by atoms with E-state index in [4.69, 9.17) is 4.74 Å². The van der Waals surface area contributed by atoms with E-state index in [1.807, 2.05) is 0 Å². The van der Waals surface area contributed by atoms with Crippen LogP contribution >= 0.6 is 0 Å². The van der Waals surface area contributed by atoms with Crippen LogP contribution in [0.2, 0.25) is 0 Å². The first-order valence-corrected chi connectivity index (χ1v) is 10.1. The van der Waals surface area contributed by atoms with Crippen molar-refractivity contribution in [3.05, 3.63) is 29.6 Å². The fourth-order valence-electron chi connectivity index (χ4n) is 3.30. The smallest absolute Gasteiger partial charge is 0.223 e. The lowest BCUT2D eigenvalue weighted by molar-refractivity contribution is -0.133. The number of halogens is 1. The third-order valence-corrected chi connectivity index (χ3v) is 6.42. The fraction of sp³-hybridized carbons (Fsp3) is 0.588. The molecule has 2 fully saturated rings. The van der Waals surface area contributed by atoms with Gasteiger partial charge in [0.15, 0.2) is 21.4 Å². The Morgan fingerprint density at radius 2 is 2.04 bits per heavy atom. The number of hydrogen-bond donors (Lipinski definition) is 0. The van der Waals surface area contributed by atoms with Crippen LogP contribution in [0.5, 0.6) is 5.75 Å². The molecule has 1 aromatic carbocycles. The maximum Gasteiger partial charge on any atom is 0.223 e. The summed E-state index contributed by atoms with van der Waals surface area (Å²) in [6.45, 7) is 0. The summed E-state index contributed by atoms with van der Waals surface area (Å²) >= 11 is 0. The van der Waals surface area contributed by atoms with Gasteiger partial charge < -0.3 is 9.64 Å². The Labute approximate surface area is 141 Å². The molecule has 1 aromatic rings. The molecule has 0 aromatic heterocycles. The lowest BCUT2D eigenvalue weighted by Crippen LogP contribution is -2.42. The molecule has 1 unspecified atom stereocenters. The molecule has 7 heteroatoms. The molecule has 1 amide bonds. The maximum absolute atomic E-state index is 13.7. The van der Waals surface area contributed by atoms with Gasteiger partial charge in [-0.2, -0.15) is 0 Å². The average Bonchev–Trinajstić information content (AvgIpc) is 3.29. The molecule has 5 nitrogen and oxygen atoms in total. The Bertz CT molecular complexity index is 730. The van der Waals surface area contributed by atoms with Crippen molar-refractivity contribution in [1.29, 1.82) is 0 Å². The van der Waals surface area contributed by atoms with Crippen LogP contribution in [0.15, 0.2) is 18.2 Å². The van der Waals surface area contributed by atoms with Crippen LogP contribution in [0.4, 0.5) is 4.39 Å². The van der Waals surface area contributed by atoms with Gasteiger partial charge in [-0.05, 0) is 43.4 Å². The second kappa shape index (κ2) is 6.70. The zero-order valence-corrected chi connectivity index (χ0v) is 14.5. The van der Waals surface area contributed by atoms with E-state index in [9.17, 15) is 17.6 Å². The Balaban J connectivity index is 1.63. The number of hydrogen-bond acceptors (Lipinski definition) is 4. The molecule has 1 heterocycles. The van der Waals surface area contributed by atoms with Crippen LogP contribution in [-0.2, 0) is 21.1 Å². The second-order valence-electron chi connectivity index (χ2n) is 6.56. The van der Waals surface area contributed by atoms with E-state index in [0.29, 0.717) is 12.8 Å². The quantitative estimate of drug-likeness (QED) is 0.782. The first kappa shape index (κ1) is 17.2. The molecule has 24 heavy (non-hydrogen) atoms. The van der Waals surface area contributed by atoms with Gasteiger partial charge in [0.25, 0.3) is 0 Å². The van der Waals surface area contributed by atoms with E-state index in [1.54, 1.807) is 17.0 Å². The summed E-state index contributed by atoms with van der Waals surface area (Å²) in [6.07, 6.45) is 3.11. The van der Waals surface area contributed by atoms with E-state index in [0.717, 1.165) is 18.4 Å². The molecule has 1 saturated heterocycles. The van der Waals surface area contributed by atoms with Crippen molar-refractivity contribution in [3.8, 4) is 5.75 Å². The number of rotatable bonds is 6. The molecular weight excluding hydrogens is 333 g/mol. The molecule has 0 N–H and O–H groups in total. The Morgan fingerprint density at radius 3 is 2.58 bits per heavy atom. The van der Waals surface area contributed by atoms with Gasteiger partial charge in [-0.25, -0.2) is 12.8 Å². The predicted octanol–water partition coefficient (Wildman–Crippen LogP) is 1.94. The number of benzene rings is 1. The van der Waals surface area contributed by atoms with Crippen molar-refractivity contribution in [1.82, 2.24) is 4.90 Å². The summed E-state index contributed by atoms with van der Waals surface area (Å²) in [4.78, 5) is 14.4. The number of carbonyl (C=O) groups is 1. The highest BCUT2D eigenvalue weighted by Gasteiger charge is 2.41. The molecule has 1 aliphatic heterocycles.